The fourth-order valence-electron chi connectivity index (χ4n) is 3.34. The van der Waals surface area contributed by atoms with Gasteiger partial charge in [-0.25, -0.2) is 0 Å². The van der Waals surface area contributed by atoms with Crippen molar-refractivity contribution in [3.63, 3.8) is 0 Å². The van der Waals surface area contributed by atoms with Crippen molar-refractivity contribution in [2.75, 3.05) is 6.54 Å². The molecule has 18 heavy (non-hydrogen) atoms. The monoisotopic (exact) mass is 252 g/mol. The fourth-order valence-corrected chi connectivity index (χ4v) is 3.34. The zero-order valence-corrected chi connectivity index (χ0v) is 11.4. The van der Waals surface area contributed by atoms with Crippen molar-refractivity contribution >= 4 is 11.8 Å². The van der Waals surface area contributed by atoms with Gasteiger partial charge in [0.2, 0.25) is 11.8 Å². The number of amides is 2. The lowest BCUT2D eigenvalue weighted by atomic mass is 9.83. The highest BCUT2D eigenvalue weighted by molar-refractivity contribution is 6.05. The Hall–Kier alpha value is -0.900. The van der Waals surface area contributed by atoms with Crippen LogP contribution in [0.15, 0.2) is 0 Å². The van der Waals surface area contributed by atoms with E-state index in [4.69, 9.17) is 5.73 Å². The van der Waals surface area contributed by atoms with Crippen LogP contribution in [-0.4, -0.2) is 29.3 Å². The van der Waals surface area contributed by atoms with Crippen molar-refractivity contribution in [1.82, 2.24) is 4.90 Å². The minimum atomic E-state index is -0.542. The van der Waals surface area contributed by atoms with E-state index in [-0.39, 0.29) is 17.9 Å². The van der Waals surface area contributed by atoms with Gasteiger partial charge in [-0.15, -0.1) is 0 Å². The molecule has 1 saturated heterocycles. The third-order valence-corrected chi connectivity index (χ3v) is 4.43. The first-order chi connectivity index (χ1) is 8.47. The smallest absolute Gasteiger partial charge is 0.235 e. The van der Waals surface area contributed by atoms with Crippen LogP contribution in [0.25, 0.3) is 0 Å². The van der Waals surface area contributed by atoms with Gasteiger partial charge < -0.3 is 5.73 Å². The number of carbonyl (C=O) groups excluding carboxylic acids is 2. The molecule has 4 heteroatoms. The van der Waals surface area contributed by atoms with Crippen LogP contribution < -0.4 is 5.73 Å². The zero-order valence-electron chi connectivity index (χ0n) is 11.4. The summed E-state index contributed by atoms with van der Waals surface area (Å²) in [6.07, 6.45) is 6.18. The predicted molar refractivity (Wildman–Crippen MR) is 69.7 cm³/mol. The second-order valence-corrected chi connectivity index (χ2v) is 6.33. The average molecular weight is 252 g/mol. The maximum Gasteiger partial charge on any atom is 0.235 e. The van der Waals surface area contributed by atoms with Gasteiger partial charge >= 0.3 is 0 Å². The van der Waals surface area contributed by atoms with Gasteiger partial charge in [-0.1, -0.05) is 33.1 Å². The van der Waals surface area contributed by atoms with E-state index in [1.807, 2.05) is 13.8 Å². The summed E-state index contributed by atoms with van der Waals surface area (Å²) in [6, 6.07) is -0.0768. The van der Waals surface area contributed by atoms with Gasteiger partial charge in [0, 0.05) is 13.0 Å². The number of carbonyl (C=O) groups is 2. The number of hydrogen-bond acceptors (Lipinski definition) is 3. The van der Waals surface area contributed by atoms with Crippen molar-refractivity contribution in [1.29, 1.82) is 0 Å². The number of hydrogen-bond donors (Lipinski definition) is 1. The fraction of sp³-hybridized carbons (Fsp3) is 0.857. The lowest BCUT2D eigenvalue weighted by Gasteiger charge is -2.35. The van der Waals surface area contributed by atoms with Crippen molar-refractivity contribution in [2.24, 2.45) is 17.1 Å². The molecule has 2 amide bonds. The molecule has 0 bridgehead atoms. The number of imide groups is 1. The summed E-state index contributed by atoms with van der Waals surface area (Å²) >= 11 is 0. The average Bonchev–Trinajstić information content (AvgIpc) is 2.54. The highest BCUT2D eigenvalue weighted by Crippen LogP contribution is 2.37. The molecular formula is C14H24N2O2. The molecule has 1 heterocycles. The molecule has 2 aliphatic rings. The minimum Gasteiger partial charge on any atom is -0.328 e. The standard InChI is InChI=1S/C14H24N2O2/c1-14(2)8-12(17)16(13(14)18)11(9-15)10-6-4-3-5-7-10/h10-11H,3-9,15H2,1-2H3. The molecule has 2 fully saturated rings. The predicted octanol–water partition coefficient (Wildman–Crippen LogP) is 1.68. The molecular weight excluding hydrogens is 228 g/mol. The molecule has 0 aromatic heterocycles. The molecule has 0 aromatic carbocycles. The van der Waals surface area contributed by atoms with Gasteiger partial charge in [-0.3, -0.25) is 14.5 Å². The third-order valence-electron chi connectivity index (χ3n) is 4.43. The Balaban J connectivity index is 2.17. The van der Waals surface area contributed by atoms with Crippen LogP contribution in [0.2, 0.25) is 0 Å². The Morgan fingerprint density at radius 2 is 1.89 bits per heavy atom. The van der Waals surface area contributed by atoms with Crippen LogP contribution in [0, 0.1) is 11.3 Å². The summed E-state index contributed by atoms with van der Waals surface area (Å²) in [6.45, 7) is 4.10. The van der Waals surface area contributed by atoms with E-state index < -0.39 is 5.41 Å². The molecule has 1 unspecified atom stereocenters. The molecule has 1 aliphatic carbocycles. The molecule has 0 spiro atoms. The Morgan fingerprint density at radius 1 is 1.28 bits per heavy atom. The normalized spacial score (nSPS) is 26.7. The van der Waals surface area contributed by atoms with Crippen LogP contribution >= 0.6 is 0 Å². The third kappa shape index (κ3) is 2.30. The molecule has 1 atom stereocenters. The van der Waals surface area contributed by atoms with E-state index in [1.54, 1.807) is 0 Å². The van der Waals surface area contributed by atoms with Gasteiger partial charge in [0.05, 0.1) is 11.5 Å². The second-order valence-electron chi connectivity index (χ2n) is 6.33. The van der Waals surface area contributed by atoms with Crippen molar-refractivity contribution in [3.8, 4) is 0 Å². The Morgan fingerprint density at radius 3 is 2.33 bits per heavy atom. The van der Waals surface area contributed by atoms with Crippen LogP contribution in [0.3, 0.4) is 0 Å². The zero-order chi connectivity index (χ0) is 13.3. The lowest BCUT2D eigenvalue weighted by molar-refractivity contribution is -0.144. The van der Waals surface area contributed by atoms with Crippen molar-refractivity contribution < 1.29 is 9.59 Å². The molecule has 1 aliphatic heterocycles. The summed E-state index contributed by atoms with van der Waals surface area (Å²) in [7, 11) is 0. The van der Waals surface area contributed by atoms with Gasteiger partial charge in [0.25, 0.3) is 0 Å². The quantitative estimate of drug-likeness (QED) is 0.777. The van der Waals surface area contributed by atoms with E-state index in [0.717, 1.165) is 12.8 Å². The van der Waals surface area contributed by atoms with Crippen molar-refractivity contribution in [2.45, 2.75) is 58.4 Å². The summed E-state index contributed by atoms with van der Waals surface area (Å²) in [4.78, 5) is 25.9. The highest BCUT2D eigenvalue weighted by Gasteiger charge is 2.48. The van der Waals surface area contributed by atoms with E-state index >= 15 is 0 Å². The number of nitrogens with zero attached hydrogens (tertiary/aromatic N) is 1. The lowest BCUT2D eigenvalue weighted by Crippen LogP contribution is -2.50. The van der Waals surface area contributed by atoms with Crippen LogP contribution in [-0.2, 0) is 9.59 Å². The van der Waals surface area contributed by atoms with Gasteiger partial charge in [0.1, 0.15) is 0 Å². The van der Waals surface area contributed by atoms with Crippen LogP contribution in [0.1, 0.15) is 52.4 Å². The SMILES string of the molecule is CC1(C)CC(=O)N(C(CN)C2CCCCC2)C1=O. The van der Waals surface area contributed by atoms with Gasteiger partial charge in [-0.2, -0.15) is 0 Å². The highest BCUT2D eigenvalue weighted by atomic mass is 16.2. The first kappa shape index (κ1) is 13.5. The summed E-state index contributed by atoms with van der Waals surface area (Å²) in [5.74, 6) is 0.338. The molecule has 0 aromatic rings. The summed E-state index contributed by atoms with van der Waals surface area (Å²) in [5, 5.41) is 0. The topological polar surface area (TPSA) is 63.4 Å². The van der Waals surface area contributed by atoms with E-state index in [0.29, 0.717) is 18.9 Å². The van der Waals surface area contributed by atoms with E-state index in [2.05, 4.69) is 0 Å². The number of nitrogens with two attached hydrogens (primary N) is 1. The van der Waals surface area contributed by atoms with E-state index in [1.165, 1.54) is 24.2 Å². The maximum absolute atomic E-state index is 12.3. The Kier molecular flexibility index (Phi) is 3.76. The largest absolute Gasteiger partial charge is 0.328 e. The van der Waals surface area contributed by atoms with Crippen molar-refractivity contribution in [3.05, 3.63) is 0 Å². The summed E-state index contributed by atoms with van der Waals surface area (Å²) in [5.41, 5.74) is 5.31. The van der Waals surface area contributed by atoms with E-state index in [9.17, 15) is 9.59 Å². The number of rotatable bonds is 3. The van der Waals surface area contributed by atoms with Gasteiger partial charge in [-0.05, 0) is 18.8 Å². The summed E-state index contributed by atoms with van der Waals surface area (Å²) < 4.78 is 0. The molecule has 1 saturated carbocycles. The minimum absolute atomic E-state index is 0.0338. The Labute approximate surface area is 109 Å². The molecule has 2 N–H and O–H groups in total. The molecule has 4 nitrogen and oxygen atoms in total. The molecule has 102 valence electrons. The van der Waals surface area contributed by atoms with Crippen LogP contribution in [0.4, 0.5) is 0 Å². The number of likely N-dealkylation sites (tertiary alicyclic amines) is 1. The maximum atomic E-state index is 12.3. The Bertz CT molecular complexity index is 346. The first-order valence-electron chi connectivity index (χ1n) is 7.04. The van der Waals surface area contributed by atoms with Crippen LogP contribution in [0.5, 0.6) is 0 Å². The first-order valence-corrected chi connectivity index (χ1v) is 7.04. The molecule has 2 rings (SSSR count). The van der Waals surface area contributed by atoms with Gasteiger partial charge in [0.15, 0.2) is 0 Å². The molecule has 0 radical (unpaired) electrons. The second kappa shape index (κ2) is 5.00.